The molecular weight excluding hydrogens is 313 g/mol. The Hall–Kier alpha value is -0.473. The number of hydrogen-bond acceptors (Lipinski definition) is 4. The van der Waals surface area contributed by atoms with Crippen molar-refractivity contribution < 1.29 is 21.5 Å². The Morgan fingerprint density at radius 3 is 2.43 bits per heavy atom. The molecule has 1 aliphatic heterocycles. The lowest BCUT2D eigenvalue weighted by Crippen LogP contribution is -2.43. The maximum Gasteiger partial charge on any atom is 0.302 e. The molecule has 1 unspecified atom stereocenters. The molecule has 124 valence electrons. The molecule has 0 aromatic rings. The van der Waals surface area contributed by atoms with Crippen LogP contribution < -0.4 is 0 Å². The van der Waals surface area contributed by atoms with Gasteiger partial charge in [0.05, 0.1) is 12.4 Å². The molecule has 21 heavy (non-hydrogen) atoms. The average molecular weight is 340 g/mol. The van der Waals surface area contributed by atoms with Gasteiger partial charge in [0.1, 0.15) is 0 Å². The average Bonchev–Trinajstić information content (AvgIpc) is 2.54. The third-order valence-corrected chi connectivity index (χ3v) is 9.77. The van der Waals surface area contributed by atoms with E-state index < -0.39 is 30.2 Å². The summed E-state index contributed by atoms with van der Waals surface area (Å²) in [5.74, 6) is -1.14. The summed E-state index contributed by atoms with van der Waals surface area (Å²) < 4.78 is 39.9. The van der Waals surface area contributed by atoms with Crippen molar-refractivity contribution in [2.75, 3.05) is 25.4 Å². The lowest BCUT2D eigenvalue weighted by molar-refractivity contribution is -0.128. The zero-order chi connectivity index (χ0) is 16.5. The molecule has 8 heteroatoms. The normalized spacial score (nSPS) is 21.1. The van der Waals surface area contributed by atoms with Gasteiger partial charge < -0.3 is 9.33 Å². The van der Waals surface area contributed by atoms with Crippen molar-refractivity contribution in [3.63, 3.8) is 0 Å². The van der Waals surface area contributed by atoms with Crippen LogP contribution in [0.4, 0.5) is 3.89 Å². The summed E-state index contributed by atoms with van der Waals surface area (Å²) >= 11 is 0. The number of amides is 1. The highest BCUT2D eigenvalue weighted by Crippen LogP contribution is 2.36. The van der Waals surface area contributed by atoms with Crippen molar-refractivity contribution in [3.8, 4) is 0 Å². The van der Waals surface area contributed by atoms with Crippen LogP contribution in [0.1, 0.15) is 27.2 Å². The number of halogens is 1. The van der Waals surface area contributed by atoms with Crippen LogP contribution in [0.2, 0.25) is 18.1 Å². The lowest BCUT2D eigenvalue weighted by Gasteiger charge is -2.36. The molecule has 1 amide bonds. The smallest absolute Gasteiger partial charge is 0.302 e. The number of rotatable bonds is 6. The monoisotopic (exact) mass is 339 g/mol. The Kier molecular flexibility index (Phi) is 5.60. The molecule has 1 rings (SSSR count). The fraction of sp³-hybridized carbons (Fsp3) is 0.923. The molecule has 1 atom stereocenters. The largest absolute Gasteiger partial charge is 0.415 e. The van der Waals surface area contributed by atoms with E-state index in [9.17, 15) is 17.1 Å². The summed E-state index contributed by atoms with van der Waals surface area (Å²) in [4.78, 5) is 13.4. The zero-order valence-electron chi connectivity index (χ0n) is 13.5. The Morgan fingerprint density at radius 1 is 1.38 bits per heavy atom. The highest BCUT2D eigenvalue weighted by atomic mass is 32.3. The second-order valence-corrected chi connectivity index (χ2v) is 13.4. The molecular formula is C13H26FNO4SSi. The topological polar surface area (TPSA) is 63.7 Å². The first-order chi connectivity index (χ1) is 9.32. The molecule has 0 aromatic heterocycles. The molecule has 0 N–H and O–H groups in total. The molecule has 1 fully saturated rings. The minimum atomic E-state index is -4.52. The van der Waals surface area contributed by atoms with Crippen LogP contribution in [0.3, 0.4) is 0 Å². The van der Waals surface area contributed by atoms with E-state index in [0.29, 0.717) is 19.7 Å². The van der Waals surface area contributed by atoms with Gasteiger partial charge >= 0.3 is 10.2 Å². The minimum absolute atomic E-state index is 0.100. The van der Waals surface area contributed by atoms with Gasteiger partial charge in [0.25, 0.3) is 0 Å². The maximum absolute atomic E-state index is 12.7. The van der Waals surface area contributed by atoms with Crippen molar-refractivity contribution in [2.24, 2.45) is 5.92 Å². The molecule has 0 aliphatic carbocycles. The number of hydrogen-bond donors (Lipinski definition) is 0. The molecule has 0 spiro atoms. The molecule has 0 radical (unpaired) electrons. The van der Waals surface area contributed by atoms with Gasteiger partial charge in [-0.2, -0.15) is 8.42 Å². The van der Waals surface area contributed by atoms with Gasteiger partial charge in [0, 0.05) is 25.4 Å². The molecule has 5 nitrogen and oxygen atoms in total. The van der Waals surface area contributed by atoms with Crippen LogP contribution in [0, 0.1) is 5.92 Å². The summed E-state index contributed by atoms with van der Waals surface area (Å²) in [7, 11) is -6.37. The van der Waals surface area contributed by atoms with Gasteiger partial charge in [-0.05, 0) is 18.1 Å². The van der Waals surface area contributed by atoms with E-state index in [1.54, 1.807) is 4.90 Å². The zero-order valence-corrected chi connectivity index (χ0v) is 15.3. The van der Waals surface area contributed by atoms with Gasteiger partial charge in [-0.3, -0.25) is 4.79 Å². The highest BCUT2D eigenvalue weighted by molar-refractivity contribution is 7.86. The Bertz CT molecular complexity index is 487. The first-order valence-electron chi connectivity index (χ1n) is 7.16. The summed E-state index contributed by atoms with van der Waals surface area (Å²) in [6.45, 7) is 11.9. The SMILES string of the molecule is CC(C)(C)[Si](C)(C)OCCN1CC(CS(=O)(=O)F)CC1=O. The van der Waals surface area contributed by atoms with E-state index in [0.717, 1.165) is 0 Å². The predicted octanol–water partition coefficient (Wildman–Crippen LogP) is 2.16. The Morgan fingerprint density at radius 2 is 1.95 bits per heavy atom. The van der Waals surface area contributed by atoms with Gasteiger partial charge in [0.2, 0.25) is 5.91 Å². The Labute approximate surface area is 128 Å². The first-order valence-corrected chi connectivity index (χ1v) is 11.6. The van der Waals surface area contributed by atoms with Crippen LogP contribution in [0.5, 0.6) is 0 Å². The van der Waals surface area contributed by atoms with E-state index in [-0.39, 0.29) is 17.4 Å². The number of likely N-dealkylation sites (tertiary alicyclic amines) is 1. The Balaban J connectivity index is 2.45. The molecule has 1 heterocycles. The van der Waals surface area contributed by atoms with Crippen molar-refractivity contribution in [1.29, 1.82) is 0 Å². The van der Waals surface area contributed by atoms with Crippen LogP contribution in [0.25, 0.3) is 0 Å². The van der Waals surface area contributed by atoms with Crippen molar-refractivity contribution in [3.05, 3.63) is 0 Å². The fourth-order valence-electron chi connectivity index (χ4n) is 2.09. The quantitative estimate of drug-likeness (QED) is 0.549. The third kappa shape index (κ3) is 5.67. The van der Waals surface area contributed by atoms with E-state index in [4.69, 9.17) is 4.43 Å². The predicted molar refractivity (Wildman–Crippen MR) is 82.7 cm³/mol. The molecule has 0 aromatic carbocycles. The standard InChI is InChI=1S/C13H26FNO4SSi/c1-13(2,3)21(4,5)19-7-6-15-9-11(8-12(15)16)10-20(14,17)18/h11H,6-10H2,1-5H3. The second kappa shape index (κ2) is 6.34. The summed E-state index contributed by atoms with van der Waals surface area (Å²) in [6.07, 6.45) is 0.100. The summed E-state index contributed by atoms with van der Waals surface area (Å²) in [5.41, 5.74) is 0. The molecule has 1 aliphatic rings. The van der Waals surface area contributed by atoms with Crippen LogP contribution in [-0.4, -0.2) is 53.0 Å². The minimum Gasteiger partial charge on any atom is -0.415 e. The lowest BCUT2D eigenvalue weighted by atomic mass is 10.1. The van der Waals surface area contributed by atoms with Gasteiger partial charge in [-0.1, -0.05) is 20.8 Å². The van der Waals surface area contributed by atoms with Crippen LogP contribution in [0.15, 0.2) is 0 Å². The van der Waals surface area contributed by atoms with Gasteiger partial charge in [-0.15, -0.1) is 3.89 Å². The second-order valence-electron chi connectivity index (χ2n) is 7.22. The number of carbonyl (C=O) groups excluding carboxylic acids is 1. The van der Waals surface area contributed by atoms with Crippen molar-refractivity contribution >= 4 is 24.4 Å². The number of nitrogens with zero attached hydrogens (tertiary/aromatic N) is 1. The molecule has 1 saturated heterocycles. The van der Waals surface area contributed by atoms with Gasteiger partial charge in [-0.25, -0.2) is 0 Å². The summed E-state index contributed by atoms with van der Waals surface area (Å²) in [5, 5.41) is 0.104. The first kappa shape index (κ1) is 18.6. The highest BCUT2D eigenvalue weighted by Gasteiger charge is 2.38. The van der Waals surface area contributed by atoms with Crippen molar-refractivity contribution in [1.82, 2.24) is 4.90 Å². The number of carbonyl (C=O) groups is 1. The third-order valence-electron chi connectivity index (χ3n) is 4.36. The van der Waals surface area contributed by atoms with Gasteiger partial charge in [0.15, 0.2) is 8.32 Å². The molecule has 0 saturated carbocycles. The maximum atomic E-state index is 12.7. The van der Waals surface area contributed by atoms with E-state index in [1.807, 2.05) is 0 Å². The van der Waals surface area contributed by atoms with Crippen molar-refractivity contribution in [2.45, 2.75) is 45.3 Å². The molecule has 0 bridgehead atoms. The van der Waals surface area contributed by atoms with Crippen LogP contribution >= 0.6 is 0 Å². The summed E-state index contributed by atoms with van der Waals surface area (Å²) in [6, 6.07) is 0. The van der Waals surface area contributed by atoms with Crippen LogP contribution in [-0.2, 0) is 19.4 Å². The fourth-order valence-corrected chi connectivity index (χ4v) is 3.91. The van der Waals surface area contributed by atoms with E-state index >= 15 is 0 Å². The van der Waals surface area contributed by atoms with E-state index in [1.165, 1.54) is 0 Å². The van der Waals surface area contributed by atoms with E-state index in [2.05, 4.69) is 33.9 Å².